The highest BCUT2D eigenvalue weighted by Gasteiger charge is 2.43. The van der Waals surface area contributed by atoms with Gasteiger partial charge in [-0.15, -0.1) is 0 Å². The Labute approximate surface area is 81.4 Å². The molecule has 0 saturated carbocycles. The molecular formula is C6H13F3O4Si. The van der Waals surface area contributed by atoms with Crippen molar-refractivity contribution in [1.82, 2.24) is 0 Å². The van der Waals surface area contributed by atoms with Crippen LogP contribution in [0, 0.1) is 0 Å². The van der Waals surface area contributed by atoms with Gasteiger partial charge in [0.15, 0.2) is 0 Å². The lowest BCUT2D eigenvalue weighted by molar-refractivity contribution is -0.144. The molecular weight excluding hydrogens is 221 g/mol. The maximum atomic E-state index is 11.8. The minimum absolute atomic E-state index is 0.536. The molecule has 0 aromatic carbocycles. The lowest BCUT2D eigenvalue weighted by atomic mass is 10.5. The van der Waals surface area contributed by atoms with Gasteiger partial charge in [-0.05, 0) is 0 Å². The molecule has 86 valence electrons. The number of hydrogen-bond acceptors (Lipinski definition) is 4. The van der Waals surface area contributed by atoms with Gasteiger partial charge in [0.25, 0.3) is 0 Å². The molecule has 0 spiro atoms. The van der Waals surface area contributed by atoms with Crippen molar-refractivity contribution in [3.63, 3.8) is 0 Å². The third kappa shape index (κ3) is 4.91. The maximum absolute atomic E-state index is 11.8. The van der Waals surface area contributed by atoms with Crippen LogP contribution in [-0.2, 0) is 17.7 Å². The Hall–Kier alpha value is -0.153. The molecule has 4 nitrogen and oxygen atoms in total. The predicted molar refractivity (Wildman–Crippen MR) is 43.4 cm³/mol. The minimum Gasteiger partial charge on any atom is -0.355 e. The van der Waals surface area contributed by atoms with E-state index in [-0.39, 0.29) is 0 Å². The van der Waals surface area contributed by atoms with Gasteiger partial charge >= 0.3 is 15.2 Å². The summed E-state index contributed by atoms with van der Waals surface area (Å²) in [6.07, 6.45) is -5.31. The normalized spacial score (nSPS) is 13.3. The summed E-state index contributed by atoms with van der Waals surface area (Å²) >= 11 is 0. The molecule has 0 aromatic heterocycles. The molecule has 0 saturated heterocycles. The Balaban J connectivity index is 3.95. The predicted octanol–water partition coefficient (Wildman–Crippen LogP) is 1.33. The quantitative estimate of drug-likeness (QED) is 0.650. The summed E-state index contributed by atoms with van der Waals surface area (Å²) in [5.41, 5.74) is 0. The fraction of sp³-hybridized carbons (Fsp3) is 1.00. The Morgan fingerprint density at radius 1 is 1.00 bits per heavy atom. The molecule has 0 rings (SSSR count). The monoisotopic (exact) mass is 234 g/mol. The van der Waals surface area contributed by atoms with Crippen molar-refractivity contribution in [3.05, 3.63) is 0 Å². The lowest BCUT2D eigenvalue weighted by Crippen LogP contribution is -2.47. The number of rotatable bonds is 6. The second-order valence-electron chi connectivity index (χ2n) is 2.33. The first kappa shape index (κ1) is 13.8. The van der Waals surface area contributed by atoms with E-state index in [9.17, 15) is 13.2 Å². The van der Waals surface area contributed by atoms with Crippen molar-refractivity contribution in [2.75, 3.05) is 27.9 Å². The molecule has 0 fully saturated rings. The maximum Gasteiger partial charge on any atom is 0.678 e. The summed E-state index contributed by atoms with van der Waals surface area (Å²) in [4.78, 5) is 0. The zero-order chi connectivity index (χ0) is 11.2. The largest absolute Gasteiger partial charge is 0.678 e. The van der Waals surface area contributed by atoms with E-state index < -0.39 is 28.3 Å². The van der Waals surface area contributed by atoms with Crippen molar-refractivity contribution < 1.29 is 30.9 Å². The molecule has 0 aromatic rings. The van der Waals surface area contributed by atoms with Crippen molar-refractivity contribution in [2.24, 2.45) is 0 Å². The van der Waals surface area contributed by atoms with Gasteiger partial charge < -0.3 is 17.7 Å². The van der Waals surface area contributed by atoms with Crippen LogP contribution in [0.3, 0.4) is 0 Å². The minimum atomic E-state index is -4.25. The molecule has 0 aliphatic rings. The fourth-order valence-electron chi connectivity index (χ4n) is 0.719. The molecule has 0 bridgehead atoms. The van der Waals surface area contributed by atoms with Crippen LogP contribution in [0.5, 0.6) is 0 Å². The van der Waals surface area contributed by atoms with Gasteiger partial charge in [-0.25, -0.2) is 0 Å². The van der Waals surface area contributed by atoms with E-state index in [0.717, 1.165) is 0 Å². The van der Waals surface area contributed by atoms with E-state index >= 15 is 0 Å². The van der Waals surface area contributed by atoms with Crippen LogP contribution >= 0.6 is 0 Å². The van der Waals surface area contributed by atoms with Crippen LogP contribution in [0.2, 0.25) is 0 Å². The summed E-state index contributed by atoms with van der Waals surface area (Å²) in [7, 11) is 0.453. The molecule has 0 unspecified atom stereocenters. The number of alkyl halides is 3. The van der Waals surface area contributed by atoms with Gasteiger partial charge in [-0.2, -0.15) is 13.2 Å². The van der Waals surface area contributed by atoms with E-state index in [1.807, 2.05) is 0 Å². The molecule has 0 atom stereocenters. The first-order chi connectivity index (χ1) is 6.39. The highest BCUT2D eigenvalue weighted by molar-refractivity contribution is 6.53. The molecule has 0 aliphatic heterocycles. The SMILES string of the molecule is CO[Si](OC)(OC)OCCC(F)(F)F. The smallest absolute Gasteiger partial charge is 0.355 e. The van der Waals surface area contributed by atoms with Crippen molar-refractivity contribution in [2.45, 2.75) is 12.6 Å². The summed E-state index contributed by atoms with van der Waals surface area (Å²) in [5.74, 6) is 0. The van der Waals surface area contributed by atoms with E-state index in [2.05, 4.69) is 0 Å². The number of halogens is 3. The van der Waals surface area contributed by atoms with Crippen LogP contribution in [0.4, 0.5) is 13.2 Å². The second-order valence-corrected chi connectivity index (χ2v) is 4.84. The van der Waals surface area contributed by atoms with Gasteiger partial charge in [-0.3, -0.25) is 0 Å². The Morgan fingerprint density at radius 2 is 1.43 bits per heavy atom. The van der Waals surface area contributed by atoms with Gasteiger partial charge in [0.05, 0.1) is 6.42 Å². The van der Waals surface area contributed by atoms with Crippen LogP contribution in [0.25, 0.3) is 0 Å². The average molecular weight is 234 g/mol. The Bertz CT molecular complexity index is 151. The van der Waals surface area contributed by atoms with E-state index in [1.54, 1.807) is 0 Å². The molecule has 0 radical (unpaired) electrons. The Kier molecular flexibility index (Phi) is 5.60. The summed E-state index contributed by atoms with van der Waals surface area (Å²) < 4.78 is 54.3. The Morgan fingerprint density at radius 3 is 1.71 bits per heavy atom. The van der Waals surface area contributed by atoms with E-state index in [1.165, 1.54) is 21.3 Å². The average Bonchev–Trinajstić information content (AvgIpc) is 2.11. The highest BCUT2D eigenvalue weighted by Crippen LogP contribution is 2.20. The van der Waals surface area contributed by atoms with Gasteiger partial charge in [0.2, 0.25) is 0 Å². The first-order valence-electron chi connectivity index (χ1n) is 3.75. The molecule has 0 heterocycles. The number of hydrogen-bond donors (Lipinski definition) is 0. The van der Waals surface area contributed by atoms with Crippen molar-refractivity contribution >= 4 is 9.05 Å². The van der Waals surface area contributed by atoms with Crippen molar-refractivity contribution in [1.29, 1.82) is 0 Å². The zero-order valence-electron chi connectivity index (χ0n) is 8.18. The second kappa shape index (κ2) is 5.66. The summed E-state index contributed by atoms with van der Waals surface area (Å²) in [6.45, 7) is -0.536. The topological polar surface area (TPSA) is 36.9 Å². The van der Waals surface area contributed by atoms with Crippen LogP contribution in [0.15, 0.2) is 0 Å². The summed E-state index contributed by atoms with van der Waals surface area (Å²) in [5, 5.41) is 0. The standard InChI is InChI=1S/C6H13F3O4Si/c1-10-14(11-2,12-3)13-5-4-6(7,8)9/h4-5H2,1-3H3. The molecule has 0 amide bonds. The van der Waals surface area contributed by atoms with E-state index in [0.29, 0.717) is 0 Å². The molecule has 0 N–H and O–H groups in total. The third-order valence-corrected chi connectivity index (χ3v) is 3.47. The van der Waals surface area contributed by atoms with Crippen LogP contribution in [-0.4, -0.2) is 43.2 Å². The molecule has 8 heteroatoms. The fourth-order valence-corrected chi connectivity index (χ4v) is 1.92. The van der Waals surface area contributed by atoms with Crippen LogP contribution in [0.1, 0.15) is 6.42 Å². The first-order valence-corrected chi connectivity index (χ1v) is 5.38. The zero-order valence-corrected chi connectivity index (χ0v) is 9.18. The van der Waals surface area contributed by atoms with Crippen LogP contribution < -0.4 is 0 Å². The third-order valence-electron chi connectivity index (χ3n) is 1.41. The lowest BCUT2D eigenvalue weighted by Gasteiger charge is -2.23. The van der Waals surface area contributed by atoms with Crippen molar-refractivity contribution in [3.8, 4) is 0 Å². The van der Waals surface area contributed by atoms with Gasteiger partial charge in [0.1, 0.15) is 0 Å². The highest BCUT2D eigenvalue weighted by atomic mass is 28.4. The van der Waals surface area contributed by atoms with Gasteiger partial charge in [-0.1, -0.05) is 0 Å². The molecule has 0 aliphatic carbocycles. The summed E-state index contributed by atoms with van der Waals surface area (Å²) in [6, 6.07) is 0. The van der Waals surface area contributed by atoms with Gasteiger partial charge in [0, 0.05) is 27.9 Å². The molecule has 14 heavy (non-hydrogen) atoms. The van der Waals surface area contributed by atoms with E-state index in [4.69, 9.17) is 17.7 Å².